The van der Waals surface area contributed by atoms with Gasteiger partial charge >= 0.3 is 0 Å². The van der Waals surface area contributed by atoms with Crippen LogP contribution in [0.4, 0.5) is 0 Å². The molecule has 2 nitrogen and oxygen atoms in total. The van der Waals surface area contributed by atoms with E-state index in [2.05, 4.69) is 29.6 Å². The molecule has 2 heterocycles. The molecule has 1 aliphatic heterocycles. The summed E-state index contributed by atoms with van der Waals surface area (Å²) in [6, 6.07) is 16.4. The summed E-state index contributed by atoms with van der Waals surface area (Å²) in [5, 5.41) is 14.1. The van der Waals surface area contributed by atoms with Gasteiger partial charge in [0.15, 0.2) is 0 Å². The molecule has 0 amide bonds. The lowest BCUT2D eigenvalue weighted by molar-refractivity contribution is -0.0476. The zero-order valence-corrected chi connectivity index (χ0v) is 12.3. The monoisotopic (exact) mass is 296 g/mol. The first-order chi connectivity index (χ1) is 10.3. The fraction of sp³-hybridized carbons (Fsp3) is 0.222. The van der Waals surface area contributed by atoms with Gasteiger partial charge in [-0.15, -0.1) is 11.3 Å². The van der Waals surface area contributed by atoms with Crippen LogP contribution in [0.5, 0.6) is 0 Å². The number of rotatable bonds is 2. The van der Waals surface area contributed by atoms with Gasteiger partial charge < -0.3 is 9.84 Å². The Kier molecular flexibility index (Phi) is 3.26. The van der Waals surface area contributed by atoms with E-state index in [1.54, 1.807) is 11.3 Å². The summed E-state index contributed by atoms with van der Waals surface area (Å²) in [7, 11) is 0. The molecular weight excluding hydrogens is 280 g/mol. The zero-order valence-electron chi connectivity index (χ0n) is 11.5. The van der Waals surface area contributed by atoms with Crippen LogP contribution in [-0.2, 0) is 11.2 Å². The maximum atomic E-state index is 10.9. The maximum Gasteiger partial charge on any atom is 0.113 e. The smallest absolute Gasteiger partial charge is 0.113 e. The van der Waals surface area contributed by atoms with Crippen molar-refractivity contribution < 1.29 is 9.84 Å². The molecule has 106 valence electrons. The topological polar surface area (TPSA) is 29.5 Å². The Morgan fingerprint density at radius 2 is 2.00 bits per heavy atom. The molecule has 4 rings (SSSR count). The van der Waals surface area contributed by atoms with Gasteiger partial charge in [0.2, 0.25) is 0 Å². The summed E-state index contributed by atoms with van der Waals surface area (Å²) < 4.78 is 7.05. The zero-order chi connectivity index (χ0) is 14.2. The van der Waals surface area contributed by atoms with Crippen LogP contribution in [0.15, 0.2) is 53.9 Å². The first-order valence-electron chi connectivity index (χ1n) is 7.18. The summed E-state index contributed by atoms with van der Waals surface area (Å²) in [4.78, 5) is 0. The lowest BCUT2D eigenvalue weighted by Crippen LogP contribution is -2.22. The number of ether oxygens (including phenoxy) is 1. The first kappa shape index (κ1) is 13.0. The average Bonchev–Trinajstić information content (AvgIpc) is 3.02. The molecular formula is C18H16O2S. The van der Waals surface area contributed by atoms with Crippen molar-refractivity contribution in [3.8, 4) is 0 Å². The highest BCUT2D eigenvalue weighted by Crippen LogP contribution is 2.40. The van der Waals surface area contributed by atoms with Gasteiger partial charge in [0, 0.05) is 10.3 Å². The van der Waals surface area contributed by atoms with Crippen LogP contribution in [0.2, 0.25) is 0 Å². The Morgan fingerprint density at radius 3 is 2.95 bits per heavy atom. The molecule has 2 aromatic carbocycles. The van der Waals surface area contributed by atoms with Crippen molar-refractivity contribution in [1.82, 2.24) is 0 Å². The first-order valence-corrected chi connectivity index (χ1v) is 8.06. The molecule has 21 heavy (non-hydrogen) atoms. The number of hydrogen-bond donors (Lipinski definition) is 1. The molecule has 0 saturated carbocycles. The minimum atomic E-state index is -0.631. The summed E-state index contributed by atoms with van der Waals surface area (Å²) >= 11 is 1.67. The van der Waals surface area contributed by atoms with E-state index >= 15 is 0 Å². The Morgan fingerprint density at radius 1 is 1.10 bits per heavy atom. The second-order valence-corrected chi connectivity index (χ2v) is 6.29. The van der Waals surface area contributed by atoms with Crippen molar-refractivity contribution in [1.29, 1.82) is 0 Å². The Bertz CT molecular complexity index is 777. The fourth-order valence-electron chi connectivity index (χ4n) is 3.10. The van der Waals surface area contributed by atoms with Crippen LogP contribution in [0, 0.1) is 0 Å². The van der Waals surface area contributed by atoms with E-state index in [0.717, 1.165) is 22.2 Å². The number of aliphatic hydroxyl groups is 1. The molecule has 0 radical (unpaired) electrons. The molecule has 1 aromatic heterocycles. The number of fused-ring (bicyclic) bond motifs is 2. The normalized spacial score (nSPS) is 19.4. The number of hydrogen-bond acceptors (Lipinski definition) is 3. The van der Waals surface area contributed by atoms with E-state index < -0.39 is 6.10 Å². The van der Waals surface area contributed by atoms with Gasteiger partial charge in [0.25, 0.3) is 0 Å². The molecule has 0 spiro atoms. The molecule has 3 heteroatoms. The second-order valence-electron chi connectivity index (χ2n) is 5.37. The molecule has 0 fully saturated rings. The highest BCUT2D eigenvalue weighted by atomic mass is 32.1. The summed E-state index contributed by atoms with van der Waals surface area (Å²) in [6.45, 7) is 0.666. The van der Waals surface area contributed by atoms with Crippen LogP contribution in [0.3, 0.4) is 0 Å². The van der Waals surface area contributed by atoms with E-state index in [9.17, 15) is 5.11 Å². The predicted molar refractivity (Wildman–Crippen MR) is 85.6 cm³/mol. The SMILES string of the molecule is OC(c1cccc2ccsc12)C1OCCc2ccccc21. The fourth-order valence-corrected chi connectivity index (χ4v) is 4.05. The van der Waals surface area contributed by atoms with Crippen LogP contribution in [-0.4, -0.2) is 11.7 Å². The summed E-state index contributed by atoms with van der Waals surface area (Å²) in [5.74, 6) is 0. The second kappa shape index (κ2) is 5.26. The van der Waals surface area contributed by atoms with Gasteiger partial charge in [0.1, 0.15) is 12.2 Å². The van der Waals surface area contributed by atoms with E-state index in [-0.39, 0.29) is 6.10 Å². The minimum absolute atomic E-state index is 0.275. The van der Waals surface area contributed by atoms with Crippen molar-refractivity contribution in [3.05, 3.63) is 70.6 Å². The Hall–Kier alpha value is -1.68. The highest BCUT2D eigenvalue weighted by Gasteiger charge is 2.29. The van der Waals surface area contributed by atoms with Gasteiger partial charge in [0.05, 0.1) is 6.61 Å². The van der Waals surface area contributed by atoms with Gasteiger partial charge in [-0.25, -0.2) is 0 Å². The standard InChI is InChI=1S/C18H16O2S/c19-16(15-7-3-5-13-9-11-21-18(13)15)17-14-6-2-1-4-12(14)8-10-20-17/h1-7,9,11,16-17,19H,8,10H2. The molecule has 3 aromatic rings. The third-order valence-electron chi connectivity index (χ3n) is 4.15. The minimum Gasteiger partial charge on any atom is -0.385 e. The van der Waals surface area contributed by atoms with E-state index in [0.29, 0.717) is 6.61 Å². The molecule has 0 bridgehead atoms. The summed E-state index contributed by atoms with van der Waals surface area (Å²) in [5.41, 5.74) is 3.36. The van der Waals surface area contributed by atoms with E-state index in [1.807, 2.05) is 24.3 Å². The Balaban J connectivity index is 1.79. The van der Waals surface area contributed by atoms with Gasteiger partial charge in [-0.3, -0.25) is 0 Å². The molecule has 1 N–H and O–H groups in total. The van der Waals surface area contributed by atoms with Crippen molar-refractivity contribution in [2.45, 2.75) is 18.6 Å². The Labute approximate surface area is 127 Å². The number of aliphatic hydroxyl groups excluding tert-OH is 1. The highest BCUT2D eigenvalue weighted by molar-refractivity contribution is 7.17. The largest absolute Gasteiger partial charge is 0.385 e. The molecule has 1 aliphatic rings. The van der Waals surface area contributed by atoms with Gasteiger partial charge in [-0.1, -0.05) is 42.5 Å². The van der Waals surface area contributed by atoms with Gasteiger partial charge in [-0.2, -0.15) is 0 Å². The van der Waals surface area contributed by atoms with Crippen LogP contribution < -0.4 is 0 Å². The predicted octanol–water partition coefficient (Wildman–Crippen LogP) is 4.25. The van der Waals surface area contributed by atoms with Crippen LogP contribution >= 0.6 is 11.3 Å². The third kappa shape index (κ3) is 2.18. The van der Waals surface area contributed by atoms with E-state index in [4.69, 9.17) is 4.74 Å². The van der Waals surface area contributed by atoms with Crippen molar-refractivity contribution in [3.63, 3.8) is 0 Å². The lowest BCUT2D eigenvalue weighted by Gasteiger charge is -2.30. The molecule has 2 unspecified atom stereocenters. The van der Waals surface area contributed by atoms with Crippen LogP contribution in [0.1, 0.15) is 28.9 Å². The molecule has 0 saturated heterocycles. The average molecular weight is 296 g/mol. The van der Waals surface area contributed by atoms with Gasteiger partial charge in [-0.05, 0) is 34.4 Å². The van der Waals surface area contributed by atoms with Crippen molar-refractivity contribution >= 4 is 21.4 Å². The number of thiophene rings is 1. The van der Waals surface area contributed by atoms with E-state index in [1.165, 1.54) is 10.9 Å². The number of benzene rings is 2. The maximum absolute atomic E-state index is 10.9. The van der Waals surface area contributed by atoms with Crippen LogP contribution in [0.25, 0.3) is 10.1 Å². The van der Waals surface area contributed by atoms with Crippen molar-refractivity contribution in [2.75, 3.05) is 6.61 Å². The van der Waals surface area contributed by atoms with Crippen molar-refractivity contribution in [2.24, 2.45) is 0 Å². The molecule has 0 aliphatic carbocycles. The summed E-state index contributed by atoms with van der Waals surface area (Å²) in [6.07, 6.45) is 0.0132. The molecule has 2 atom stereocenters. The quantitative estimate of drug-likeness (QED) is 0.766. The third-order valence-corrected chi connectivity index (χ3v) is 5.12. The lowest BCUT2D eigenvalue weighted by atomic mass is 9.91.